The minimum absolute atomic E-state index is 0.0485. The Bertz CT molecular complexity index is 540. The van der Waals surface area contributed by atoms with Gasteiger partial charge in [-0.25, -0.2) is 4.98 Å². The van der Waals surface area contributed by atoms with Crippen molar-refractivity contribution in [1.82, 2.24) is 10.3 Å². The van der Waals surface area contributed by atoms with E-state index in [0.717, 1.165) is 27.0 Å². The first kappa shape index (κ1) is 13.8. The summed E-state index contributed by atoms with van der Waals surface area (Å²) in [4.78, 5) is 5.45. The van der Waals surface area contributed by atoms with Gasteiger partial charge < -0.3 is 5.32 Å². The molecular formula is C13H14Cl2N2S. The summed E-state index contributed by atoms with van der Waals surface area (Å²) in [5.41, 5.74) is 0.995. The molecule has 1 aromatic carbocycles. The van der Waals surface area contributed by atoms with E-state index in [9.17, 15) is 0 Å². The third-order valence-electron chi connectivity index (χ3n) is 2.60. The number of halogens is 2. The lowest BCUT2D eigenvalue weighted by molar-refractivity contribution is 0.639. The number of rotatable bonds is 4. The number of hydrogen-bond donors (Lipinski definition) is 1. The third kappa shape index (κ3) is 3.04. The Morgan fingerprint density at radius 1 is 1.39 bits per heavy atom. The highest BCUT2D eigenvalue weighted by molar-refractivity contribution is 7.11. The van der Waals surface area contributed by atoms with Gasteiger partial charge in [0.15, 0.2) is 0 Å². The second-order valence-electron chi connectivity index (χ2n) is 3.94. The van der Waals surface area contributed by atoms with Gasteiger partial charge in [0, 0.05) is 21.1 Å². The van der Waals surface area contributed by atoms with Crippen LogP contribution in [-0.4, -0.2) is 11.5 Å². The van der Waals surface area contributed by atoms with Crippen molar-refractivity contribution in [2.75, 3.05) is 6.54 Å². The molecule has 0 fully saturated rings. The smallest absolute Gasteiger partial charge is 0.0897 e. The number of hydrogen-bond acceptors (Lipinski definition) is 3. The molecule has 0 saturated heterocycles. The minimum atomic E-state index is 0.0485. The van der Waals surface area contributed by atoms with Gasteiger partial charge in [-0.05, 0) is 37.2 Å². The van der Waals surface area contributed by atoms with E-state index < -0.39 is 0 Å². The number of thiazole rings is 1. The minimum Gasteiger partial charge on any atom is -0.306 e. The predicted octanol–water partition coefficient (Wildman–Crippen LogP) is 4.46. The number of aryl methyl sites for hydroxylation is 1. The molecule has 1 heterocycles. The SMILES string of the molecule is CCNC(c1cnc(C)s1)c1cc(Cl)ccc1Cl. The number of aromatic nitrogens is 1. The normalized spacial score (nSPS) is 12.7. The van der Waals surface area contributed by atoms with Crippen molar-refractivity contribution < 1.29 is 0 Å². The van der Waals surface area contributed by atoms with Crippen LogP contribution in [0.1, 0.15) is 28.4 Å². The molecule has 18 heavy (non-hydrogen) atoms. The lowest BCUT2D eigenvalue weighted by Gasteiger charge is -2.18. The highest BCUT2D eigenvalue weighted by Crippen LogP contribution is 2.33. The van der Waals surface area contributed by atoms with Crippen LogP contribution in [0.2, 0.25) is 10.0 Å². The molecule has 1 aromatic heterocycles. The molecule has 0 aliphatic carbocycles. The molecule has 1 N–H and O–H groups in total. The number of benzene rings is 1. The third-order valence-corrected chi connectivity index (χ3v) is 4.16. The van der Waals surface area contributed by atoms with Crippen molar-refractivity contribution in [3.8, 4) is 0 Å². The van der Waals surface area contributed by atoms with Gasteiger partial charge in [0.25, 0.3) is 0 Å². The van der Waals surface area contributed by atoms with Gasteiger partial charge >= 0.3 is 0 Å². The quantitative estimate of drug-likeness (QED) is 0.902. The molecule has 0 aliphatic heterocycles. The maximum Gasteiger partial charge on any atom is 0.0897 e. The summed E-state index contributed by atoms with van der Waals surface area (Å²) < 4.78 is 0. The summed E-state index contributed by atoms with van der Waals surface area (Å²) >= 11 is 14.0. The fourth-order valence-electron chi connectivity index (χ4n) is 1.82. The van der Waals surface area contributed by atoms with Crippen molar-refractivity contribution in [1.29, 1.82) is 0 Å². The monoisotopic (exact) mass is 300 g/mol. The van der Waals surface area contributed by atoms with E-state index in [1.54, 1.807) is 17.4 Å². The Hall–Kier alpha value is -0.610. The van der Waals surface area contributed by atoms with Crippen molar-refractivity contribution in [3.05, 3.63) is 49.9 Å². The fraction of sp³-hybridized carbons (Fsp3) is 0.308. The van der Waals surface area contributed by atoms with Gasteiger partial charge in [-0.3, -0.25) is 0 Å². The first-order chi connectivity index (χ1) is 8.61. The zero-order chi connectivity index (χ0) is 13.1. The van der Waals surface area contributed by atoms with Crippen molar-refractivity contribution in [2.45, 2.75) is 19.9 Å². The Kier molecular flexibility index (Phi) is 4.62. The lowest BCUT2D eigenvalue weighted by Crippen LogP contribution is -2.21. The van der Waals surface area contributed by atoms with Crippen LogP contribution in [0.5, 0.6) is 0 Å². The second kappa shape index (κ2) is 6.02. The molecule has 1 atom stereocenters. The van der Waals surface area contributed by atoms with Gasteiger partial charge in [0.2, 0.25) is 0 Å². The van der Waals surface area contributed by atoms with Gasteiger partial charge in [0.1, 0.15) is 0 Å². The Morgan fingerprint density at radius 2 is 2.17 bits per heavy atom. The van der Waals surface area contributed by atoms with E-state index in [-0.39, 0.29) is 6.04 Å². The zero-order valence-electron chi connectivity index (χ0n) is 10.2. The standard InChI is InChI=1S/C13H14Cl2N2S/c1-3-16-13(12-7-17-8(2)18-12)10-6-9(14)4-5-11(10)15/h4-7,13,16H,3H2,1-2H3. The molecular weight excluding hydrogens is 287 g/mol. The predicted molar refractivity (Wildman–Crippen MR) is 78.8 cm³/mol. The summed E-state index contributed by atoms with van der Waals surface area (Å²) in [6, 6.07) is 5.59. The van der Waals surface area contributed by atoms with E-state index in [4.69, 9.17) is 23.2 Å². The number of nitrogens with one attached hydrogen (secondary N) is 1. The summed E-state index contributed by atoms with van der Waals surface area (Å²) in [5, 5.41) is 5.88. The van der Waals surface area contributed by atoms with Crippen LogP contribution in [0.15, 0.2) is 24.4 Å². The van der Waals surface area contributed by atoms with Crippen LogP contribution in [0, 0.1) is 6.92 Å². The first-order valence-electron chi connectivity index (χ1n) is 5.72. The molecule has 2 rings (SSSR count). The molecule has 0 bridgehead atoms. The van der Waals surface area contributed by atoms with E-state index in [2.05, 4.69) is 17.2 Å². The van der Waals surface area contributed by atoms with Crippen LogP contribution < -0.4 is 5.32 Å². The van der Waals surface area contributed by atoms with Crippen LogP contribution in [0.4, 0.5) is 0 Å². The maximum absolute atomic E-state index is 6.27. The molecule has 5 heteroatoms. The van der Waals surface area contributed by atoms with Gasteiger partial charge in [0.05, 0.1) is 11.0 Å². The molecule has 0 amide bonds. The highest BCUT2D eigenvalue weighted by atomic mass is 35.5. The summed E-state index contributed by atoms with van der Waals surface area (Å²) in [7, 11) is 0. The van der Waals surface area contributed by atoms with Crippen molar-refractivity contribution in [2.24, 2.45) is 0 Å². The van der Waals surface area contributed by atoms with Gasteiger partial charge in [-0.1, -0.05) is 30.1 Å². The van der Waals surface area contributed by atoms with E-state index in [1.807, 2.05) is 25.3 Å². The van der Waals surface area contributed by atoms with Crippen molar-refractivity contribution >= 4 is 34.5 Å². The number of nitrogens with zero attached hydrogens (tertiary/aromatic N) is 1. The van der Waals surface area contributed by atoms with E-state index >= 15 is 0 Å². The molecule has 2 nitrogen and oxygen atoms in total. The van der Waals surface area contributed by atoms with Gasteiger partial charge in [-0.15, -0.1) is 11.3 Å². The maximum atomic E-state index is 6.27. The van der Waals surface area contributed by atoms with Crippen LogP contribution in [0.3, 0.4) is 0 Å². The average Bonchev–Trinajstić information content (AvgIpc) is 2.76. The van der Waals surface area contributed by atoms with Gasteiger partial charge in [-0.2, -0.15) is 0 Å². The van der Waals surface area contributed by atoms with Crippen LogP contribution >= 0.6 is 34.5 Å². The summed E-state index contributed by atoms with van der Waals surface area (Å²) in [6.07, 6.45) is 1.89. The zero-order valence-corrected chi connectivity index (χ0v) is 12.5. The summed E-state index contributed by atoms with van der Waals surface area (Å²) in [6.45, 7) is 4.92. The highest BCUT2D eigenvalue weighted by Gasteiger charge is 2.18. The van der Waals surface area contributed by atoms with E-state index in [1.165, 1.54) is 0 Å². The van der Waals surface area contributed by atoms with Crippen LogP contribution in [0.25, 0.3) is 0 Å². The molecule has 2 aromatic rings. The fourth-order valence-corrected chi connectivity index (χ4v) is 3.10. The molecule has 96 valence electrons. The Balaban J connectivity index is 2.44. The summed E-state index contributed by atoms with van der Waals surface area (Å²) in [5.74, 6) is 0. The van der Waals surface area contributed by atoms with Crippen LogP contribution in [-0.2, 0) is 0 Å². The lowest BCUT2D eigenvalue weighted by atomic mass is 10.1. The first-order valence-corrected chi connectivity index (χ1v) is 7.29. The average molecular weight is 301 g/mol. The Labute approximate surface area is 121 Å². The molecule has 0 radical (unpaired) electrons. The van der Waals surface area contributed by atoms with Crippen molar-refractivity contribution in [3.63, 3.8) is 0 Å². The molecule has 0 spiro atoms. The topological polar surface area (TPSA) is 24.9 Å². The molecule has 0 saturated carbocycles. The second-order valence-corrected chi connectivity index (χ2v) is 6.05. The largest absolute Gasteiger partial charge is 0.306 e. The van der Waals surface area contributed by atoms with E-state index in [0.29, 0.717) is 5.02 Å². The molecule has 0 aliphatic rings. The molecule has 1 unspecified atom stereocenters. The Morgan fingerprint density at radius 3 is 2.78 bits per heavy atom.